The van der Waals surface area contributed by atoms with Gasteiger partial charge in [-0.2, -0.15) is 0 Å². The van der Waals surface area contributed by atoms with Crippen LogP contribution in [0.2, 0.25) is 0 Å². The summed E-state index contributed by atoms with van der Waals surface area (Å²) in [6.45, 7) is 0.643. The topological polar surface area (TPSA) is 29.5 Å². The molecule has 15 heavy (non-hydrogen) atoms. The number of hydrogen-bond donors (Lipinski definition) is 1. The van der Waals surface area contributed by atoms with E-state index in [0.29, 0.717) is 17.9 Å². The minimum absolute atomic E-state index is 0.301. The smallest absolute Gasteiger partial charge is 0.136 e. The fourth-order valence-corrected chi connectivity index (χ4v) is 1.58. The highest BCUT2D eigenvalue weighted by Gasteiger charge is 2.16. The van der Waals surface area contributed by atoms with Crippen molar-refractivity contribution in [3.8, 4) is 0 Å². The predicted octanol–water partition coefficient (Wildman–Crippen LogP) is 2.55. The van der Waals surface area contributed by atoms with Crippen molar-refractivity contribution in [1.29, 1.82) is 0 Å². The number of rotatable bonds is 2. The maximum Gasteiger partial charge on any atom is 0.136 e. The van der Waals surface area contributed by atoms with E-state index in [-0.39, 0.29) is 5.82 Å². The Kier molecular flexibility index (Phi) is 3.02. The van der Waals surface area contributed by atoms with Gasteiger partial charge in [0.15, 0.2) is 0 Å². The lowest BCUT2D eigenvalue weighted by Crippen LogP contribution is -2.09. The predicted molar refractivity (Wildman–Crippen MR) is 54.6 cm³/mol. The van der Waals surface area contributed by atoms with E-state index in [1.54, 1.807) is 12.1 Å². The standard InChI is InChI=1S/C12H13FO2/c13-10-6-4-9(5-7-10)12(14)11-3-1-2-8-15-11/h3-7,12,14H,1-2,8H2. The molecule has 1 aromatic carbocycles. The van der Waals surface area contributed by atoms with Crippen molar-refractivity contribution in [1.82, 2.24) is 0 Å². The summed E-state index contributed by atoms with van der Waals surface area (Å²) in [6, 6.07) is 5.81. The molecule has 0 bridgehead atoms. The van der Waals surface area contributed by atoms with E-state index in [4.69, 9.17) is 4.74 Å². The molecule has 0 spiro atoms. The highest BCUT2D eigenvalue weighted by atomic mass is 19.1. The van der Waals surface area contributed by atoms with Gasteiger partial charge in [-0.1, -0.05) is 12.1 Å². The van der Waals surface area contributed by atoms with Crippen molar-refractivity contribution in [3.63, 3.8) is 0 Å². The SMILES string of the molecule is OC(C1=CCCCO1)c1ccc(F)cc1. The van der Waals surface area contributed by atoms with Crippen LogP contribution in [0.3, 0.4) is 0 Å². The fourth-order valence-electron chi connectivity index (χ4n) is 1.58. The molecule has 1 heterocycles. The molecule has 0 aliphatic carbocycles. The normalized spacial score (nSPS) is 17.9. The van der Waals surface area contributed by atoms with Crippen LogP contribution in [0.25, 0.3) is 0 Å². The number of hydrogen-bond acceptors (Lipinski definition) is 2. The Hall–Kier alpha value is -1.35. The van der Waals surface area contributed by atoms with Crippen LogP contribution in [-0.4, -0.2) is 11.7 Å². The zero-order valence-corrected chi connectivity index (χ0v) is 8.32. The number of aliphatic hydroxyl groups excluding tert-OH is 1. The van der Waals surface area contributed by atoms with Gasteiger partial charge >= 0.3 is 0 Å². The van der Waals surface area contributed by atoms with Gasteiger partial charge in [0.05, 0.1) is 6.61 Å². The Balaban J connectivity index is 2.16. The molecule has 0 amide bonds. The van der Waals surface area contributed by atoms with Gasteiger partial charge in [-0.3, -0.25) is 0 Å². The first-order chi connectivity index (χ1) is 7.27. The summed E-state index contributed by atoms with van der Waals surface area (Å²) in [4.78, 5) is 0. The van der Waals surface area contributed by atoms with E-state index in [9.17, 15) is 9.50 Å². The molecule has 1 unspecified atom stereocenters. The van der Waals surface area contributed by atoms with Crippen LogP contribution >= 0.6 is 0 Å². The Labute approximate surface area is 88.0 Å². The number of benzene rings is 1. The first kappa shape index (κ1) is 10.2. The lowest BCUT2D eigenvalue weighted by Gasteiger charge is -2.19. The zero-order chi connectivity index (χ0) is 10.7. The third kappa shape index (κ3) is 2.36. The molecule has 1 aliphatic heterocycles. The third-order valence-corrected chi connectivity index (χ3v) is 2.42. The monoisotopic (exact) mass is 208 g/mol. The van der Waals surface area contributed by atoms with Crippen LogP contribution in [0.15, 0.2) is 36.1 Å². The first-order valence-corrected chi connectivity index (χ1v) is 5.04. The van der Waals surface area contributed by atoms with E-state index in [1.165, 1.54) is 12.1 Å². The van der Waals surface area contributed by atoms with Gasteiger partial charge in [0, 0.05) is 0 Å². The number of aliphatic hydroxyl groups is 1. The maximum atomic E-state index is 12.7. The van der Waals surface area contributed by atoms with Crippen molar-refractivity contribution in [2.45, 2.75) is 18.9 Å². The zero-order valence-electron chi connectivity index (χ0n) is 8.32. The summed E-state index contributed by atoms with van der Waals surface area (Å²) in [5, 5.41) is 9.92. The molecule has 80 valence electrons. The first-order valence-electron chi connectivity index (χ1n) is 5.04. The minimum Gasteiger partial charge on any atom is -0.495 e. The summed E-state index contributed by atoms with van der Waals surface area (Å²) in [5.41, 5.74) is 0.657. The van der Waals surface area contributed by atoms with Crippen molar-refractivity contribution in [3.05, 3.63) is 47.5 Å². The Morgan fingerprint density at radius 2 is 2.00 bits per heavy atom. The summed E-state index contributed by atoms with van der Waals surface area (Å²) in [7, 11) is 0. The molecule has 0 radical (unpaired) electrons. The van der Waals surface area contributed by atoms with Gasteiger partial charge in [-0.25, -0.2) is 4.39 Å². The van der Waals surface area contributed by atoms with E-state index in [1.807, 2.05) is 6.08 Å². The maximum absolute atomic E-state index is 12.7. The number of ether oxygens (including phenoxy) is 1. The van der Waals surface area contributed by atoms with Gasteiger partial charge in [0.1, 0.15) is 17.7 Å². The van der Waals surface area contributed by atoms with Crippen LogP contribution in [-0.2, 0) is 4.74 Å². The van der Waals surface area contributed by atoms with Crippen LogP contribution in [0.5, 0.6) is 0 Å². The molecular formula is C12H13FO2. The van der Waals surface area contributed by atoms with Crippen LogP contribution in [0.4, 0.5) is 4.39 Å². The summed E-state index contributed by atoms with van der Waals surface area (Å²) >= 11 is 0. The second kappa shape index (κ2) is 4.45. The van der Waals surface area contributed by atoms with Crippen LogP contribution < -0.4 is 0 Å². The molecule has 1 atom stereocenters. The molecule has 1 aliphatic rings. The van der Waals surface area contributed by atoms with Crippen molar-refractivity contribution >= 4 is 0 Å². The quantitative estimate of drug-likeness (QED) is 0.809. The Morgan fingerprint density at radius 3 is 2.60 bits per heavy atom. The van der Waals surface area contributed by atoms with Crippen molar-refractivity contribution < 1.29 is 14.2 Å². The van der Waals surface area contributed by atoms with Gasteiger partial charge < -0.3 is 9.84 Å². The van der Waals surface area contributed by atoms with Crippen LogP contribution in [0, 0.1) is 5.82 Å². The Bertz CT molecular complexity index is 356. The molecule has 3 heteroatoms. The minimum atomic E-state index is -0.772. The number of halogens is 1. The summed E-state index contributed by atoms with van der Waals surface area (Å²) < 4.78 is 18.0. The van der Waals surface area contributed by atoms with Gasteiger partial charge in [0.25, 0.3) is 0 Å². The largest absolute Gasteiger partial charge is 0.495 e. The second-order valence-electron chi connectivity index (χ2n) is 3.55. The molecule has 2 nitrogen and oxygen atoms in total. The molecular weight excluding hydrogens is 195 g/mol. The molecule has 0 aromatic heterocycles. The average molecular weight is 208 g/mol. The van der Waals surface area contributed by atoms with Crippen molar-refractivity contribution in [2.24, 2.45) is 0 Å². The lowest BCUT2D eigenvalue weighted by atomic mass is 10.1. The van der Waals surface area contributed by atoms with Crippen LogP contribution in [0.1, 0.15) is 24.5 Å². The molecule has 2 rings (SSSR count). The van der Waals surface area contributed by atoms with E-state index < -0.39 is 6.10 Å². The van der Waals surface area contributed by atoms with E-state index in [2.05, 4.69) is 0 Å². The lowest BCUT2D eigenvalue weighted by molar-refractivity contribution is 0.0917. The van der Waals surface area contributed by atoms with E-state index >= 15 is 0 Å². The van der Waals surface area contributed by atoms with Gasteiger partial charge in [-0.05, 0) is 36.6 Å². The molecule has 0 saturated heterocycles. The molecule has 0 saturated carbocycles. The Morgan fingerprint density at radius 1 is 1.27 bits per heavy atom. The van der Waals surface area contributed by atoms with Crippen molar-refractivity contribution in [2.75, 3.05) is 6.61 Å². The highest BCUT2D eigenvalue weighted by molar-refractivity contribution is 5.24. The highest BCUT2D eigenvalue weighted by Crippen LogP contribution is 2.25. The second-order valence-corrected chi connectivity index (χ2v) is 3.55. The summed E-state index contributed by atoms with van der Waals surface area (Å²) in [6.07, 6.45) is 3.02. The molecule has 1 aromatic rings. The van der Waals surface area contributed by atoms with E-state index in [0.717, 1.165) is 12.8 Å². The van der Waals surface area contributed by atoms with Gasteiger partial charge in [-0.15, -0.1) is 0 Å². The fraction of sp³-hybridized carbons (Fsp3) is 0.333. The summed E-state index contributed by atoms with van der Waals surface area (Å²) in [5.74, 6) is 0.275. The number of allylic oxidation sites excluding steroid dienone is 1. The van der Waals surface area contributed by atoms with Gasteiger partial charge in [0.2, 0.25) is 0 Å². The third-order valence-electron chi connectivity index (χ3n) is 2.42. The molecule has 1 N–H and O–H groups in total. The molecule has 0 fully saturated rings. The average Bonchev–Trinajstić information content (AvgIpc) is 2.30.